The molecule has 0 saturated heterocycles. The first-order valence-corrected chi connectivity index (χ1v) is 6.25. The molecular weight excluding hydrogens is 220 g/mol. The molecule has 0 radical (unpaired) electrons. The van der Waals surface area contributed by atoms with Gasteiger partial charge in [0.15, 0.2) is 0 Å². The van der Waals surface area contributed by atoms with E-state index in [2.05, 4.69) is 24.0 Å². The van der Waals surface area contributed by atoms with E-state index in [1.54, 1.807) is 17.5 Å². The molecule has 0 aromatic carbocycles. The van der Waals surface area contributed by atoms with Crippen molar-refractivity contribution in [1.29, 1.82) is 0 Å². The molecule has 1 N–H and O–H groups in total. The standard InChI is InChI=1S/C12H16N2OS/c1-3-9-4-5-10(16-9)8-11(15)12-13-6-7-14(12)2/h4-7,11,15H,3,8H2,1-2H3. The highest BCUT2D eigenvalue weighted by Crippen LogP contribution is 2.23. The van der Waals surface area contributed by atoms with E-state index in [-0.39, 0.29) is 0 Å². The Morgan fingerprint density at radius 1 is 1.44 bits per heavy atom. The first-order chi connectivity index (χ1) is 7.70. The van der Waals surface area contributed by atoms with Crippen LogP contribution in [0, 0.1) is 0 Å². The number of imidazole rings is 1. The molecule has 2 aromatic rings. The molecule has 0 amide bonds. The first kappa shape index (κ1) is 11.4. The van der Waals surface area contributed by atoms with E-state index in [0.717, 1.165) is 12.2 Å². The maximum atomic E-state index is 10.0. The third kappa shape index (κ3) is 2.33. The molecule has 0 aliphatic carbocycles. The Labute approximate surface area is 99.4 Å². The number of aryl methyl sites for hydroxylation is 2. The number of aliphatic hydroxyl groups excluding tert-OH is 1. The zero-order valence-corrected chi connectivity index (χ0v) is 10.4. The zero-order chi connectivity index (χ0) is 11.5. The zero-order valence-electron chi connectivity index (χ0n) is 9.55. The van der Waals surface area contributed by atoms with Gasteiger partial charge in [-0.05, 0) is 18.6 Å². The minimum Gasteiger partial charge on any atom is -0.385 e. The molecule has 4 heteroatoms. The van der Waals surface area contributed by atoms with E-state index in [9.17, 15) is 5.11 Å². The second-order valence-corrected chi connectivity index (χ2v) is 5.09. The van der Waals surface area contributed by atoms with Gasteiger partial charge in [-0.2, -0.15) is 0 Å². The lowest BCUT2D eigenvalue weighted by Crippen LogP contribution is -2.07. The Morgan fingerprint density at radius 3 is 2.75 bits per heavy atom. The average Bonchev–Trinajstić information content (AvgIpc) is 2.86. The van der Waals surface area contributed by atoms with Gasteiger partial charge in [0.2, 0.25) is 0 Å². The van der Waals surface area contributed by atoms with Crippen LogP contribution in [0.4, 0.5) is 0 Å². The molecule has 1 atom stereocenters. The van der Waals surface area contributed by atoms with Crippen LogP contribution in [0.1, 0.15) is 28.6 Å². The molecule has 0 saturated carbocycles. The number of hydrogen-bond acceptors (Lipinski definition) is 3. The van der Waals surface area contributed by atoms with Gasteiger partial charge in [0, 0.05) is 35.6 Å². The van der Waals surface area contributed by atoms with Crippen molar-refractivity contribution in [1.82, 2.24) is 9.55 Å². The Kier molecular flexibility index (Phi) is 3.41. The first-order valence-electron chi connectivity index (χ1n) is 5.43. The van der Waals surface area contributed by atoms with Crippen molar-refractivity contribution >= 4 is 11.3 Å². The van der Waals surface area contributed by atoms with Crippen molar-refractivity contribution in [2.45, 2.75) is 25.9 Å². The minimum absolute atomic E-state index is 0.511. The van der Waals surface area contributed by atoms with Gasteiger partial charge < -0.3 is 9.67 Å². The summed E-state index contributed by atoms with van der Waals surface area (Å²) in [6.45, 7) is 2.14. The molecular formula is C12H16N2OS. The lowest BCUT2D eigenvalue weighted by molar-refractivity contribution is 0.166. The number of rotatable bonds is 4. The van der Waals surface area contributed by atoms with Gasteiger partial charge >= 0.3 is 0 Å². The van der Waals surface area contributed by atoms with E-state index in [4.69, 9.17) is 0 Å². The molecule has 0 aliphatic heterocycles. The third-order valence-electron chi connectivity index (χ3n) is 2.62. The monoisotopic (exact) mass is 236 g/mol. The maximum Gasteiger partial charge on any atom is 0.137 e. The summed E-state index contributed by atoms with van der Waals surface area (Å²) in [5.74, 6) is 0.728. The molecule has 2 aromatic heterocycles. The number of hydrogen-bond donors (Lipinski definition) is 1. The van der Waals surface area contributed by atoms with Crippen LogP contribution in [0.5, 0.6) is 0 Å². The van der Waals surface area contributed by atoms with E-state index in [1.807, 2.05) is 17.8 Å². The molecule has 0 aliphatic rings. The van der Waals surface area contributed by atoms with Crippen LogP contribution in [0.3, 0.4) is 0 Å². The van der Waals surface area contributed by atoms with Crippen molar-refractivity contribution in [2.24, 2.45) is 7.05 Å². The Hall–Kier alpha value is -1.13. The van der Waals surface area contributed by atoms with Crippen molar-refractivity contribution < 1.29 is 5.11 Å². The predicted octanol–water partition coefficient (Wildman–Crippen LogP) is 2.32. The van der Waals surface area contributed by atoms with Gasteiger partial charge in [0.05, 0.1) is 0 Å². The van der Waals surface area contributed by atoms with E-state index >= 15 is 0 Å². The highest BCUT2D eigenvalue weighted by Gasteiger charge is 2.13. The summed E-state index contributed by atoms with van der Waals surface area (Å²) >= 11 is 1.77. The van der Waals surface area contributed by atoms with Crippen LogP contribution in [0.2, 0.25) is 0 Å². The van der Waals surface area contributed by atoms with Crippen LogP contribution >= 0.6 is 11.3 Å². The lowest BCUT2D eigenvalue weighted by Gasteiger charge is -2.08. The van der Waals surface area contributed by atoms with Gasteiger partial charge in [-0.3, -0.25) is 0 Å². The third-order valence-corrected chi connectivity index (χ3v) is 3.87. The van der Waals surface area contributed by atoms with E-state index < -0.39 is 6.10 Å². The molecule has 0 fully saturated rings. The second kappa shape index (κ2) is 4.80. The number of aromatic nitrogens is 2. The van der Waals surface area contributed by atoms with Crippen molar-refractivity contribution in [3.63, 3.8) is 0 Å². The van der Waals surface area contributed by atoms with Crippen LogP contribution < -0.4 is 0 Å². The largest absolute Gasteiger partial charge is 0.385 e. The molecule has 2 rings (SSSR count). The smallest absolute Gasteiger partial charge is 0.137 e. The fraction of sp³-hybridized carbons (Fsp3) is 0.417. The van der Waals surface area contributed by atoms with Crippen molar-refractivity contribution in [3.05, 3.63) is 40.1 Å². The topological polar surface area (TPSA) is 38.1 Å². The lowest BCUT2D eigenvalue weighted by atomic mass is 10.2. The number of nitrogens with zero attached hydrogens (tertiary/aromatic N) is 2. The summed E-state index contributed by atoms with van der Waals surface area (Å²) in [5, 5.41) is 10.0. The van der Waals surface area contributed by atoms with Crippen LogP contribution in [-0.2, 0) is 19.9 Å². The highest BCUT2D eigenvalue weighted by molar-refractivity contribution is 7.11. The minimum atomic E-state index is -0.511. The average molecular weight is 236 g/mol. The molecule has 0 bridgehead atoms. The van der Waals surface area contributed by atoms with Gasteiger partial charge in [-0.15, -0.1) is 11.3 Å². The van der Waals surface area contributed by atoms with Gasteiger partial charge in [0.1, 0.15) is 11.9 Å². The summed E-state index contributed by atoms with van der Waals surface area (Å²) in [6, 6.07) is 4.22. The predicted molar refractivity (Wildman–Crippen MR) is 65.6 cm³/mol. The van der Waals surface area contributed by atoms with Crippen LogP contribution in [0.25, 0.3) is 0 Å². The molecule has 86 valence electrons. The van der Waals surface area contributed by atoms with Crippen LogP contribution in [0.15, 0.2) is 24.5 Å². The van der Waals surface area contributed by atoms with E-state index in [1.165, 1.54) is 9.75 Å². The van der Waals surface area contributed by atoms with Crippen LogP contribution in [-0.4, -0.2) is 14.7 Å². The Morgan fingerprint density at radius 2 is 2.19 bits per heavy atom. The second-order valence-electron chi connectivity index (χ2n) is 3.84. The Bertz CT molecular complexity index is 461. The summed E-state index contributed by atoms with van der Waals surface area (Å²) in [5.41, 5.74) is 0. The van der Waals surface area contributed by atoms with Crippen molar-refractivity contribution in [2.75, 3.05) is 0 Å². The van der Waals surface area contributed by atoms with Gasteiger partial charge in [-0.25, -0.2) is 4.98 Å². The fourth-order valence-corrected chi connectivity index (χ4v) is 2.70. The SMILES string of the molecule is CCc1ccc(CC(O)c2nccn2C)s1. The van der Waals surface area contributed by atoms with Gasteiger partial charge in [-0.1, -0.05) is 6.92 Å². The molecule has 16 heavy (non-hydrogen) atoms. The summed E-state index contributed by atoms with van der Waals surface area (Å²) in [7, 11) is 1.90. The fourth-order valence-electron chi connectivity index (χ4n) is 1.70. The molecule has 2 heterocycles. The van der Waals surface area contributed by atoms with Crippen molar-refractivity contribution in [3.8, 4) is 0 Å². The number of thiophene rings is 1. The summed E-state index contributed by atoms with van der Waals surface area (Å²) in [6.07, 6.45) is 4.76. The normalized spacial score (nSPS) is 12.9. The summed E-state index contributed by atoms with van der Waals surface area (Å²) in [4.78, 5) is 6.73. The highest BCUT2D eigenvalue weighted by atomic mass is 32.1. The summed E-state index contributed by atoms with van der Waals surface area (Å²) < 4.78 is 1.86. The molecule has 0 spiro atoms. The van der Waals surface area contributed by atoms with Gasteiger partial charge in [0.25, 0.3) is 0 Å². The van der Waals surface area contributed by atoms with E-state index in [0.29, 0.717) is 6.42 Å². The maximum absolute atomic E-state index is 10.0. The Balaban J connectivity index is 2.07. The quantitative estimate of drug-likeness (QED) is 0.884. The number of aliphatic hydroxyl groups is 1. The molecule has 1 unspecified atom stereocenters. The molecule has 3 nitrogen and oxygen atoms in total.